The highest BCUT2D eigenvalue weighted by molar-refractivity contribution is 5.46. The minimum Gasteiger partial charge on any atom is -0.382 e. The van der Waals surface area contributed by atoms with E-state index in [1.165, 1.54) is 12.1 Å². The number of nitrogens with one attached hydrogen (secondary N) is 1. The van der Waals surface area contributed by atoms with Crippen LogP contribution >= 0.6 is 0 Å². The van der Waals surface area contributed by atoms with Gasteiger partial charge in [-0.15, -0.1) is 0 Å². The molecule has 3 nitrogen and oxygen atoms in total. The van der Waals surface area contributed by atoms with Crippen LogP contribution in [-0.4, -0.2) is 26.0 Å². The first-order valence-corrected chi connectivity index (χ1v) is 5.44. The molecule has 0 bridgehead atoms. The summed E-state index contributed by atoms with van der Waals surface area (Å²) < 4.78 is 23.6. The third kappa shape index (κ3) is 3.18. The first kappa shape index (κ1) is 11.4. The van der Waals surface area contributed by atoms with E-state index < -0.39 is 0 Å². The summed E-state index contributed by atoms with van der Waals surface area (Å²) in [6.07, 6.45) is 1.03. The second-order valence-electron chi connectivity index (χ2n) is 4.00. The van der Waals surface area contributed by atoms with E-state index in [0.29, 0.717) is 13.3 Å². The average Bonchev–Trinajstić information content (AvgIpc) is 2.27. The maximum atomic E-state index is 13.1. The lowest BCUT2D eigenvalue weighted by Gasteiger charge is -2.23. The summed E-state index contributed by atoms with van der Waals surface area (Å²) in [6, 6.07) is 4.92. The predicted octanol–water partition coefficient (Wildman–Crippen LogP) is 2.31. The molecule has 1 fully saturated rings. The van der Waals surface area contributed by atoms with Crippen LogP contribution in [0.3, 0.4) is 0 Å². The normalized spacial score (nSPS) is 20.8. The zero-order valence-electron chi connectivity index (χ0n) is 9.33. The second-order valence-corrected chi connectivity index (χ2v) is 4.00. The average molecular weight is 225 g/mol. The van der Waals surface area contributed by atoms with Gasteiger partial charge in [-0.2, -0.15) is 0 Å². The molecule has 1 aromatic carbocycles. The Morgan fingerprint density at radius 1 is 1.44 bits per heavy atom. The minimum absolute atomic E-state index is 0.150. The fourth-order valence-electron chi connectivity index (χ4n) is 1.73. The van der Waals surface area contributed by atoms with Crippen LogP contribution in [0, 0.1) is 12.7 Å². The Balaban J connectivity index is 1.88. The number of hydrogen-bond acceptors (Lipinski definition) is 3. The van der Waals surface area contributed by atoms with Crippen LogP contribution in [-0.2, 0) is 9.47 Å². The Morgan fingerprint density at radius 3 is 3.00 bits per heavy atom. The zero-order valence-corrected chi connectivity index (χ0v) is 9.33. The van der Waals surface area contributed by atoms with Gasteiger partial charge in [0.1, 0.15) is 12.6 Å². The smallest absolute Gasteiger partial charge is 0.147 e. The van der Waals surface area contributed by atoms with Crippen molar-refractivity contribution in [2.75, 3.05) is 25.3 Å². The molecule has 0 aliphatic carbocycles. The molecule has 0 spiro atoms. The van der Waals surface area contributed by atoms with Gasteiger partial charge in [-0.3, -0.25) is 0 Å². The van der Waals surface area contributed by atoms with Crippen molar-refractivity contribution in [2.24, 2.45) is 0 Å². The molecule has 88 valence electrons. The SMILES string of the molecule is Cc1cc(F)cc(NCC2CCOCO2)c1. The van der Waals surface area contributed by atoms with Gasteiger partial charge in [0.15, 0.2) is 0 Å². The van der Waals surface area contributed by atoms with E-state index in [9.17, 15) is 4.39 Å². The lowest BCUT2D eigenvalue weighted by molar-refractivity contribution is -0.133. The Bertz CT molecular complexity index is 331. The van der Waals surface area contributed by atoms with Gasteiger partial charge in [0.05, 0.1) is 12.7 Å². The van der Waals surface area contributed by atoms with Crippen molar-refractivity contribution in [3.63, 3.8) is 0 Å². The standard InChI is InChI=1S/C12H16FNO2/c1-9-4-10(13)6-11(5-9)14-7-12-2-3-15-8-16-12/h4-6,12,14H,2-3,7-8H2,1H3. The van der Waals surface area contributed by atoms with E-state index in [1.807, 2.05) is 13.0 Å². The third-order valence-electron chi connectivity index (χ3n) is 2.55. The highest BCUT2D eigenvalue weighted by Gasteiger charge is 2.13. The maximum Gasteiger partial charge on any atom is 0.147 e. The number of rotatable bonds is 3. The molecule has 1 heterocycles. The van der Waals surface area contributed by atoms with Crippen LogP contribution < -0.4 is 5.32 Å². The summed E-state index contributed by atoms with van der Waals surface area (Å²) in [4.78, 5) is 0. The van der Waals surface area contributed by atoms with E-state index in [1.54, 1.807) is 0 Å². The van der Waals surface area contributed by atoms with Crippen LogP contribution in [0.1, 0.15) is 12.0 Å². The van der Waals surface area contributed by atoms with Crippen LogP contribution in [0.4, 0.5) is 10.1 Å². The fraction of sp³-hybridized carbons (Fsp3) is 0.500. The molecule has 1 unspecified atom stereocenters. The van der Waals surface area contributed by atoms with Crippen molar-refractivity contribution in [3.8, 4) is 0 Å². The first-order valence-electron chi connectivity index (χ1n) is 5.44. The minimum atomic E-state index is -0.213. The number of ether oxygens (including phenoxy) is 2. The van der Waals surface area contributed by atoms with Gasteiger partial charge in [0.2, 0.25) is 0 Å². The fourth-order valence-corrected chi connectivity index (χ4v) is 1.73. The second kappa shape index (κ2) is 5.27. The van der Waals surface area contributed by atoms with E-state index in [4.69, 9.17) is 9.47 Å². The van der Waals surface area contributed by atoms with E-state index in [0.717, 1.165) is 24.3 Å². The Labute approximate surface area is 94.6 Å². The summed E-state index contributed by atoms with van der Waals surface area (Å²) in [5.41, 5.74) is 1.71. The number of anilines is 1. The largest absolute Gasteiger partial charge is 0.382 e. The quantitative estimate of drug-likeness (QED) is 0.856. The lowest BCUT2D eigenvalue weighted by Crippen LogP contribution is -2.30. The van der Waals surface area contributed by atoms with E-state index >= 15 is 0 Å². The monoisotopic (exact) mass is 225 g/mol. The van der Waals surface area contributed by atoms with Gasteiger partial charge in [-0.05, 0) is 37.1 Å². The summed E-state index contributed by atoms with van der Waals surface area (Å²) in [5, 5.41) is 3.18. The first-order chi connectivity index (χ1) is 7.74. The van der Waals surface area contributed by atoms with Crippen molar-refractivity contribution >= 4 is 5.69 Å². The third-order valence-corrected chi connectivity index (χ3v) is 2.55. The summed E-state index contributed by atoms with van der Waals surface area (Å²) in [7, 11) is 0. The van der Waals surface area contributed by atoms with E-state index in [2.05, 4.69) is 5.32 Å². The Morgan fingerprint density at radius 2 is 2.31 bits per heavy atom. The summed E-state index contributed by atoms with van der Waals surface area (Å²) in [6.45, 7) is 3.65. The molecule has 2 rings (SSSR count). The number of halogens is 1. The Hall–Kier alpha value is -1.13. The molecule has 0 saturated carbocycles. The zero-order chi connectivity index (χ0) is 11.4. The van der Waals surface area contributed by atoms with Gasteiger partial charge in [-0.1, -0.05) is 0 Å². The molecule has 0 aromatic heterocycles. The van der Waals surface area contributed by atoms with Gasteiger partial charge in [0.25, 0.3) is 0 Å². The van der Waals surface area contributed by atoms with Crippen LogP contribution in [0.25, 0.3) is 0 Å². The van der Waals surface area contributed by atoms with Crippen LogP contribution in [0.2, 0.25) is 0 Å². The topological polar surface area (TPSA) is 30.5 Å². The lowest BCUT2D eigenvalue weighted by atomic mass is 10.2. The van der Waals surface area contributed by atoms with Crippen molar-refractivity contribution in [1.29, 1.82) is 0 Å². The molecular weight excluding hydrogens is 209 g/mol. The van der Waals surface area contributed by atoms with Gasteiger partial charge in [0, 0.05) is 12.2 Å². The molecule has 1 aliphatic heterocycles. The predicted molar refractivity (Wildman–Crippen MR) is 59.9 cm³/mol. The Kier molecular flexibility index (Phi) is 3.74. The van der Waals surface area contributed by atoms with Crippen molar-refractivity contribution in [3.05, 3.63) is 29.6 Å². The highest BCUT2D eigenvalue weighted by atomic mass is 19.1. The summed E-state index contributed by atoms with van der Waals surface area (Å²) >= 11 is 0. The van der Waals surface area contributed by atoms with Crippen molar-refractivity contribution in [1.82, 2.24) is 0 Å². The molecule has 4 heteroatoms. The number of hydrogen-bond donors (Lipinski definition) is 1. The van der Waals surface area contributed by atoms with Crippen molar-refractivity contribution < 1.29 is 13.9 Å². The summed E-state index contributed by atoms with van der Waals surface area (Å²) in [5.74, 6) is -0.213. The van der Waals surface area contributed by atoms with Crippen LogP contribution in [0.15, 0.2) is 18.2 Å². The number of aryl methyl sites for hydroxylation is 1. The molecule has 1 atom stereocenters. The molecule has 1 aliphatic rings. The van der Waals surface area contributed by atoms with Gasteiger partial charge in [-0.25, -0.2) is 4.39 Å². The molecule has 16 heavy (non-hydrogen) atoms. The highest BCUT2D eigenvalue weighted by Crippen LogP contribution is 2.14. The molecule has 0 radical (unpaired) electrons. The van der Waals surface area contributed by atoms with Gasteiger partial charge >= 0.3 is 0 Å². The molecule has 0 amide bonds. The molecular formula is C12H16FNO2. The number of benzene rings is 1. The van der Waals surface area contributed by atoms with Gasteiger partial charge < -0.3 is 14.8 Å². The molecule has 1 N–H and O–H groups in total. The van der Waals surface area contributed by atoms with Crippen molar-refractivity contribution in [2.45, 2.75) is 19.4 Å². The van der Waals surface area contributed by atoms with E-state index in [-0.39, 0.29) is 11.9 Å². The van der Waals surface area contributed by atoms with Crippen LogP contribution in [0.5, 0.6) is 0 Å². The maximum absolute atomic E-state index is 13.1. The molecule has 1 saturated heterocycles. The molecule has 1 aromatic rings.